The number of amides is 1. The smallest absolute Gasteiger partial charge is 0.261 e. The molecule has 0 spiro atoms. The van der Waals surface area contributed by atoms with E-state index in [0.29, 0.717) is 17.8 Å². The Kier molecular flexibility index (Phi) is 4.69. The van der Waals surface area contributed by atoms with E-state index < -0.39 is 15.8 Å². The molecule has 6 nitrogen and oxygen atoms in total. The Morgan fingerprint density at radius 3 is 2.81 bits per heavy atom. The van der Waals surface area contributed by atoms with Gasteiger partial charge in [0.1, 0.15) is 16.5 Å². The van der Waals surface area contributed by atoms with Crippen molar-refractivity contribution in [2.24, 2.45) is 5.92 Å². The van der Waals surface area contributed by atoms with Gasteiger partial charge in [0.2, 0.25) is 10.0 Å². The van der Waals surface area contributed by atoms with Gasteiger partial charge in [-0.1, -0.05) is 6.07 Å². The molecule has 2 bridgehead atoms. The first-order valence-electron chi connectivity index (χ1n) is 8.60. The van der Waals surface area contributed by atoms with Crippen LogP contribution in [-0.4, -0.2) is 44.4 Å². The quantitative estimate of drug-likeness (QED) is 0.822. The lowest BCUT2D eigenvalue weighted by molar-refractivity contribution is 0.0921. The predicted octanol–water partition coefficient (Wildman–Crippen LogP) is 2.48. The van der Waals surface area contributed by atoms with Crippen LogP contribution in [0.3, 0.4) is 0 Å². The van der Waals surface area contributed by atoms with E-state index in [1.165, 1.54) is 28.8 Å². The van der Waals surface area contributed by atoms with Gasteiger partial charge in [-0.15, -0.1) is 11.3 Å². The second kappa shape index (κ2) is 6.88. The Morgan fingerprint density at radius 2 is 2.15 bits per heavy atom. The normalized spacial score (nSPS) is 24.9. The fraction of sp³-hybridized carbons (Fsp3) is 0.389. The Bertz CT molecular complexity index is 962. The number of methoxy groups -OCH3 is 1. The highest BCUT2D eigenvalue weighted by atomic mass is 32.2. The number of benzene rings is 1. The average molecular weight is 410 g/mol. The summed E-state index contributed by atoms with van der Waals surface area (Å²) in [6.45, 7) is 0.373. The molecule has 3 atom stereocenters. The maximum absolute atomic E-state index is 13.7. The van der Waals surface area contributed by atoms with Gasteiger partial charge in [-0.2, -0.15) is 4.31 Å². The van der Waals surface area contributed by atoms with Crippen molar-refractivity contribution in [3.63, 3.8) is 0 Å². The molecule has 0 radical (unpaired) electrons. The Labute approximate surface area is 161 Å². The molecular weight excluding hydrogens is 391 g/mol. The van der Waals surface area contributed by atoms with Gasteiger partial charge in [0, 0.05) is 18.6 Å². The summed E-state index contributed by atoms with van der Waals surface area (Å²) in [4.78, 5) is 12.8. The summed E-state index contributed by atoms with van der Waals surface area (Å²) < 4.78 is 46.6. The summed E-state index contributed by atoms with van der Waals surface area (Å²) in [6.07, 6.45) is 1.43. The number of fused-ring (bicyclic) bond motifs is 2. The largest absolute Gasteiger partial charge is 0.495 e. The molecule has 9 heteroatoms. The molecule has 1 amide bonds. The molecule has 2 fully saturated rings. The minimum Gasteiger partial charge on any atom is -0.495 e. The molecule has 1 aliphatic carbocycles. The minimum atomic E-state index is -3.94. The van der Waals surface area contributed by atoms with Crippen LogP contribution in [-0.2, 0) is 10.0 Å². The van der Waals surface area contributed by atoms with Crippen molar-refractivity contribution in [2.75, 3.05) is 13.7 Å². The molecule has 1 saturated heterocycles. The number of nitrogens with one attached hydrogen (secondary N) is 1. The van der Waals surface area contributed by atoms with E-state index in [9.17, 15) is 17.6 Å². The molecule has 3 unspecified atom stereocenters. The molecule has 2 heterocycles. The molecule has 1 aromatic carbocycles. The van der Waals surface area contributed by atoms with Crippen molar-refractivity contribution in [1.82, 2.24) is 9.62 Å². The first kappa shape index (κ1) is 18.4. The van der Waals surface area contributed by atoms with Gasteiger partial charge in [0.15, 0.2) is 0 Å². The van der Waals surface area contributed by atoms with Crippen LogP contribution in [0.5, 0.6) is 5.75 Å². The number of rotatable bonds is 5. The van der Waals surface area contributed by atoms with Gasteiger partial charge in [-0.05, 0) is 48.4 Å². The van der Waals surface area contributed by atoms with E-state index in [1.807, 2.05) is 5.38 Å². The number of thiophene rings is 1. The van der Waals surface area contributed by atoms with Gasteiger partial charge < -0.3 is 10.1 Å². The lowest BCUT2D eigenvalue weighted by Crippen LogP contribution is -2.51. The van der Waals surface area contributed by atoms with E-state index in [-0.39, 0.29) is 34.6 Å². The van der Waals surface area contributed by atoms with Crippen LogP contribution < -0.4 is 10.1 Å². The number of hydrogen-bond acceptors (Lipinski definition) is 5. The number of ether oxygens (including phenoxy) is 1. The highest BCUT2D eigenvalue weighted by Gasteiger charge is 2.50. The second-order valence-electron chi connectivity index (χ2n) is 6.83. The maximum atomic E-state index is 13.7. The average Bonchev–Trinajstić information content (AvgIpc) is 3.38. The van der Waals surface area contributed by atoms with Crippen molar-refractivity contribution in [2.45, 2.75) is 29.8 Å². The lowest BCUT2D eigenvalue weighted by atomic mass is 10.1. The van der Waals surface area contributed by atoms with Crippen molar-refractivity contribution in [1.29, 1.82) is 0 Å². The van der Waals surface area contributed by atoms with Gasteiger partial charge in [-0.3, -0.25) is 4.79 Å². The molecule has 2 aliphatic rings. The van der Waals surface area contributed by atoms with E-state index in [4.69, 9.17) is 4.74 Å². The first-order valence-corrected chi connectivity index (χ1v) is 10.9. The number of nitrogens with zero attached hydrogens (tertiary/aromatic N) is 1. The van der Waals surface area contributed by atoms with Gasteiger partial charge in [-0.25, -0.2) is 12.8 Å². The van der Waals surface area contributed by atoms with E-state index in [2.05, 4.69) is 5.32 Å². The van der Waals surface area contributed by atoms with Crippen LogP contribution in [0.25, 0.3) is 0 Å². The Hall–Kier alpha value is -1.97. The number of carbonyl (C=O) groups excluding carboxylic acids is 1. The monoisotopic (exact) mass is 410 g/mol. The number of piperidine rings is 1. The standard InChI is InChI=1S/C18H19FN2O4S2/c1-25-15-5-4-12(19)9-17(15)27(23,24)21-10-11-7-13(14(21)8-11)20-18(22)16-3-2-6-26-16/h2-6,9,11,13-14H,7-8,10H2,1H3,(H,20,22). The molecule has 1 saturated carbocycles. The highest BCUT2D eigenvalue weighted by molar-refractivity contribution is 7.89. The fourth-order valence-corrected chi connectivity index (χ4v) is 6.58. The number of hydrogen-bond donors (Lipinski definition) is 1. The topological polar surface area (TPSA) is 75.7 Å². The van der Waals surface area contributed by atoms with Crippen LogP contribution in [0.15, 0.2) is 40.6 Å². The second-order valence-corrected chi connectivity index (χ2v) is 9.64. The molecule has 144 valence electrons. The molecule has 4 rings (SSSR count). The zero-order valence-corrected chi connectivity index (χ0v) is 16.2. The summed E-state index contributed by atoms with van der Waals surface area (Å²) in [5.74, 6) is -0.541. The summed E-state index contributed by atoms with van der Waals surface area (Å²) in [5.41, 5.74) is 0. The maximum Gasteiger partial charge on any atom is 0.261 e. The minimum absolute atomic E-state index is 0.110. The van der Waals surface area contributed by atoms with Crippen LogP contribution in [0, 0.1) is 11.7 Å². The molecule has 1 aliphatic heterocycles. The lowest BCUT2D eigenvalue weighted by Gasteiger charge is -2.33. The summed E-state index contributed by atoms with van der Waals surface area (Å²) in [6, 6.07) is 6.40. The van der Waals surface area contributed by atoms with Crippen LogP contribution in [0.1, 0.15) is 22.5 Å². The van der Waals surface area contributed by atoms with E-state index in [1.54, 1.807) is 12.1 Å². The molecule has 1 N–H and O–H groups in total. The Balaban J connectivity index is 1.59. The highest BCUT2D eigenvalue weighted by Crippen LogP contribution is 2.42. The molecule has 1 aromatic heterocycles. The summed E-state index contributed by atoms with van der Waals surface area (Å²) in [7, 11) is -2.58. The van der Waals surface area contributed by atoms with E-state index in [0.717, 1.165) is 18.6 Å². The third-order valence-corrected chi connectivity index (χ3v) is 7.99. The number of carbonyl (C=O) groups is 1. The van der Waals surface area contributed by atoms with Crippen molar-refractivity contribution < 1.29 is 22.3 Å². The van der Waals surface area contributed by atoms with Gasteiger partial charge >= 0.3 is 0 Å². The predicted molar refractivity (Wildman–Crippen MR) is 98.9 cm³/mol. The number of halogens is 1. The molecular formula is C18H19FN2O4S2. The van der Waals surface area contributed by atoms with Crippen molar-refractivity contribution in [3.05, 3.63) is 46.4 Å². The van der Waals surface area contributed by atoms with Crippen LogP contribution in [0.4, 0.5) is 4.39 Å². The Morgan fingerprint density at radius 1 is 1.33 bits per heavy atom. The molecule has 2 aromatic rings. The van der Waals surface area contributed by atoms with Gasteiger partial charge in [0.25, 0.3) is 5.91 Å². The van der Waals surface area contributed by atoms with Gasteiger partial charge in [0.05, 0.1) is 12.0 Å². The van der Waals surface area contributed by atoms with Crippen LogP contribution in [0.2, 0.25) is 0 Å². The van der Waals surface area contributed by atoms with Crippen molar-refractivity contribution >= 4 is 27.3 Å². The fourth-order valence-electron chi connectivity index (χ4n) is 4.03. The van der Waals surface area contributed by atoms with Crippen LogP contribution >= 0.6 is 11.3 Å². The van der Waals surface area contributed by atoms with E-state index >= 15 is 0 Å². The first-order chi connectivity index (χ1) is 12.9. The zero-order valence-electron chi connectivity index (χ0n) is 14.6. The summed E-state index contributed by atoms with van der Waals surface area (Å²) in [5, 5.41) is 4.79. The number of sulfonamides is 1. The van der Waals surface area contributed by atoms with Crippen molar-refractivity contribution in [3.8, 4) is 5.75 Å². The SMILES string of the molecule is COc1ccc(F)cc1S(=O)(=O)N1CC2CC(NC(=O)c3cccs3)C1C2. The zero-order chi connectivity index (χ0) is 19.2. The molecule has 27 heavy (non-hydrogen) atoms. The summed E-state index contributed by atoms with van der Waals surface area (Å²) >= 11 is 1.34. The third-order valence-electron chi connectivity index (χ3n) is 5.21. The third kappa shape index (κ3) is 3.24.